The first-order valence-electron chi connectivity index (χ1n) is 9.38. The van der Waals surface area contributed by atoms with Crippen molar-refractivity contribution in [3.05, 3.63) is 30.1 Å². The molecular formula is C20H25N3OS. The minimum atomic E-state index is 0.280. The second kappa shape index (κ2) is 7.32. The van der Waals surface area contributed by atoms with E-state index in [4.69, 9.17) is 0 Å². The van der Waals surface area contributed by atoms with Gasteiger partial charge in [-0.1, -0.05) is 42.8 Å². The maximum Gasteiger partial charge on any atom is 0.233 e. The van der Waals surface area contributed by atoms with Crippen LogP contribution in [0.25, 0.3) is 10.9 Å². The van der Waals surface area contributed by atoms with Gasteiger partial charge in [0.2, 0.25) is 5.91 Å². The zero-order valence-electron chi connectivity index (χ0n) is 14.8. The molecule has 1 aromatic heterocycles. The van der Waals surface area contributed by atoms with E-state index in [-0.39, 0.29) is 5.91 Å². The largest absolute Gasteiger partial charge is 0.339 e. The maximum absolute atomic E-state index is 12.9. The molecule has 0 bridgehead atoms. The van der Waals surface area contributed by atoms with Crippen molar-refractivity contribution in [1.29, 1.82) is 0 Å². The van der Waals surface area contributed by atoms with Gasteiger partial charge in [-0.15, -0.1) is 0 Å². The number of nitrogens with zero attached hydrogens (tertiary/aromatic N) is 3. The highest BCUT2D eigenvalue weighted by molar-refractivity contribution is 8.00. The van der Waals surface area contributed by atoms with Crippen LogP contribution in [-0.2, 0) is 4.79 Å². The Morgan fingerprint density at radius 3 is 2.88 bits per heavy atom. The summed E-state index contributed by atoms with van der Waals surface area (Å²) >= 11 is 1.56. The Morgan fingerprint density at radius 2 is 1.96 bits per heavy atom. The molecule has 2 aliphatic rings. The Morgan fingerprint density at radius 1 is 1.16 bits per heavy atom. The van der Waals surface area contributed by atoms with Gasteiger partial charge in [-0.25, -0.2) is 9.97 Å². The summed E-state index contributed by atoms with van der Waals surface area (Å²) in [5.41, 5.74) is 0.954. The summed E-state index contributed by atoms with van der Waals surface area (Å²) in [6.07, 6.45) is 7.57. The number of hydrogen-bond donors (Lipinski definition) is 0. The summed E-state index contributed by atoms with van der Waals surface area (Å²) in [5.74, 6) is 2.25. The molecule has 2 unspecified atom stereocenters. The molecule has 2 heterocycles. The highest BCUT2D eigenvalue weighted by Crippen LogP contribution is 2.36. The van der Waals surface area contributed by atoms with Crippen molar-refractivity contribution in [1.82, 2.24) is 14.9 Å². The lowest BCUT2D eigenvalue weighted by Crippen LogP contribution is -2.50. The Labute approximate surface area is 153 Å². The standard InChI is InChI=1S/C20H25N3OS/c1-14-21-17-10-4-3-9-16(17)20(22-14)25-13-19(24)23-12-6-8-15-7-2-5-11-18(15)23/h3-4,9-10,15,18H,2,5-8,11-13H2,1H3. The molecule has 1 saturated carbocycles. The predicted molar refractivity (Wildman–Crippen MR) is 102 cm³/mol. The van der Waals surface area contributed by atoms with Crippen molar-refractivity contribution in [2.24, 2.45) is 5.92 Å². The van der Waals surface area contributed by atoms with Gasteiger partial charge in [0.05, 0.1) is 11.3 Å². The Balaban J connectivity index is 1.48. The Bertz CT molecular complexity index is 777. The van der Waals surface area contributed by atoms with Gasteiger partial charge in [-0.3, -0.25) is 4.79 Å². The lowest BCUT2D eigenvalue weighted by molar-refractivity contribution is -0.134. The zero-order chi connectivity index (χ0) is 17.2. The van der Waals surface area contributed by atoms with Crippen LogP contribution in [0.1, 0.15) is 44.3 Å². The van der Waals surface area contributed by atoms with Gasteiger partial charge in [-0.2, -0.15) is 0 Å². The number of rotatable bonds is 3. The zero-order valence-corrected chi connectivity index (χ0v) is 15.6. The van der Waals surface area contributed by atoms with E-state index in [0.29, 0.717) is 11.8 Å². The smallest absolute Gasteiger partial charge is 0.233 e. The van der Waals surface area contributed by atoms with Gasteiger partial charge in [0.25, 0.3) is 0 Å². The van der Waals surface area contributed by atoms with Crippen LogP contribution in [0.5, 0.6) is 0 Å². The molecule has 25 heavy (non-hydrogen) atoms. The van der Waals surface area contributed by atoms with E-state index in [0.717, 1.165) is 40.6 Å². The lowest BCUT2D eigenvalue weighted by atomic mass is 9.78. The molecule has 1 amide bonds. The van der Waals surface area contributed by atoms with Crippen LogP contribution in [0.15, 0.2) is 29.3 Å². The highest BCUT2D eigenvalue weighted by Gasteiger charge is 2.35. The molecule has 5 heteroatoms. The molecule has 1 saturated heterocycles. The van der Waals surface area contributed by atoms with Crippen LogP contribution in [0, 0.1) is 12.8 Å². The van der Waals surface area contributed by atoms with Crippen LogP contribution in [0.4, 0.5) is 0 Å². The van der Waals surface area contributed by atoms with Crippen LogP contribution < -0.4 is 0 Å². The molecule has 0 spiro atoms. The minimum Gasteiger partial charge on any atom is -0.339 e. The molecule has 132 valence electrons. The first-order valence-corrected chi connectivity index (χ1v) is 10.4. The van der Waals surface area contributed by atoms with Gasteiger partial charge in [0.1, 0.15) is 10.9 Å². The number of hydrogen-bond acceptors (Lipinski definition) is 4. The number of thioether (sulfide) groups is 1. The van der Waals surface area contributed by atoms with Crippen LogP contribution in [0.2, 0.25) is 0 Å². The van der Waals surface area contributed by atoms with Crippen LogP contribution in [0.3, 0.4) is 0 Å². The summed E-state index contributed by atoms with van der Waals surface area (Å²) in [5, 5.41) is 1.97. The average Bonchev–Trinajstić information content (AvgIpc) is 2.65. The molecule has 1 aliphatic heterocycles. The fourth-order valence-corrected chi connectivity index (χ4v) is 5.37. The number of likely N-dealkylation sites (tertiary alicyclic amines) is 1. The number of para-hydroxylation sites is 1. The Hall–Kier alpha value is -1.62. The van der Waals surface area contributed by atoms with E-state index >= 15 is 0 Å². The van der Waals surface area contributed by atoms with E-state index in [2.05, 4.69) is 14.9 Å². The molecule has 4 nitrogen and oxygen atoms in total. The van der Waals surface area contributed by atoms with Crippen molar-refractivity contribution in [2.45, 2.75) is 56.5 Å². The van der Waals surface area contributed by atoms with Crippen LogP contribution in [-0.4, -0.2) is 39.1 Å². The topological polar surface area (TPSA) is 46.1 Å². The number of carbonyl (C=O) groups is 1. The molecule has 2 aromatic rings. The van der Waals surface area contributed by atoms with E-state index < -0.39 is 0 Å². The second-order valence-electron chi connectivity index (χ2n) is 7.22. The molecule has 0 N–H and O–H groups in total. The van der Waals surface area contributed by atoms with E-state index in [1.54, 1.807) is 11.8 Å². The number of fused-ring (bicyclic) bond motifs is 2. The van der Waals surface area contributed by atoms with E-state index in [1.165, 1.54) is 32.1 Å². The van der Waals surface area contributed by atoms with Crippen molar-refractivity contribution in [3.8, 4) is 0 Å². The predicted octanol–water partition coefficient (Wildman–Crippen LogP) is 4.21. The minimum absolute atomic E-state index is 0.280. The van der Waals surface area contributed by atoms with Gasteiger partial charge < -0.3 is 4.90 Å². The van der Waals surface area contributed by atoms with Crippen molar-refractivity contribution < 1.29 is 4.79 Å². The number of aryl methyl sites for hydroxylation is 1. The Kier molecular flexibility index (Phi) is 4.93. The third-order valence-electron chi connectivity index (χ3n) is 5.58. The average molecular weight is 356 g/mol. The molecule has 2 fully saturated rings. The normalized spacial score (nSPS) is 23.5. The molecular weight excluding hydrogens is 330 g/mol. The van der Waals surface area contributed by atoms with E-state index in [1.807, 2.05) is 31.2 Å². The van der Waals surface area contributed by atoms with Gasteiger partial charge in [0.15, 0.2) is 0 Å². The van der Waals surface area contributed by atoms with Crippen molar-refractivity contribution in [2.75, 3.05) is 12.3 Å². The SMILES string of the molecule is Cc1nc(SCC(=O)N2CCCC3CCCCC32)c2ccccc2n1. The molecule has 0 radical (unpaired) electrons. The molecule has 1 aliphatic carbocycles. The summed E-state index contributed by atoms with van der Waals surface area (Å²) in [6, 6.07) is 8.53. The number of benzene rings is 1. The van der Waals surface area contributed by atoms with Crippen molar-refractivity contribution in [3.63, 3.8) is 0 Å². The first kappa shape index (κ1) is 16.8. The van der Waals surface area contributed by atoms with Crippen molar-refractivity contribution >= 4 is 28.6 Å². The fraction of sp³-hybridized carbons (Fsp3) is 0.550. The summed E-state index contributed by atoms with van der Waals surface area (Å²) in [7, 11) is 0. The molecule has 4 rings (SSSR count). The summed E-state index contributed by atoms with van der Waals surface area (Å²) < 4.78 is 0. The third-order valence-corrected chi connectivity index (χ3v) is 6.55. The number of aromatic nitrogens is 2. The number of piperidine rings is 1. The lowest BCUT2D eigenvalue weighted by Gasteiger charge is -2.44. The van der Waals surface area contributed by atoms with Crippen LogP contribution >= 0.6 is 11.8 Å². The molecule has 2 atom stereocenters. The maximum atomic E-state index is 12.9. The number of amides is 1. The monoisotopic (exact) mass is 355 g/mol. The van der Waals surface area contributed by atoms with Gasteiger partial charge >= 0.3 is 0 Å². The fourth-order valence-electron chi connectivity index (χ4n) is 4.42. The summed E-state index contributed by atoms with van der Waals surface area (Å²) in [4.78, 5) is 24.2. The third kappa shape index (κ3) is 3.52. The summed E-state index contributed by atoms with van der Waals surface area (Å²) in [6.45, 7) is 2.85. The van der Waals surface area contributed by atoms with Gasteiger partial charge in [0, 0.05) is 18.0 Å². The number of carbonyl (C=O) groups excluding carboxylic acids is 1. The first-order chi connectivity index (χ1) is 12.2. The highest BCUT2D eigenvalue weighted by atomic mass is 32.2. The van der Waals surface area contributed by atoms with E-state index in [9.17, 15) is 4.79 Å². The quantitative estimate of drug-likeness (QED) is 0.611. The molecule has 1 aromatic carbocycles. The second-order valence-corrected chi connectivity index (χ2v) is 8.19. The van der Waals surface area contributed by atoms with Gasteiger partial charge in [-0.05, 0) is 44.6 Å².